The number of carbonyl (C=O) groups excluding carboxylic acids is 1. The molecule has 0 spiro atoms. The Kier molecular flexibility index (Phi) is 7.23. The lowest BCUT2D eigenvalue weighted by atomic mass is 9.97. The molecule has 1 aromatic carbocycles. The van der Waals surface area contributed by atoms with Crippen LogP contribution in [0, 0.1) is 0 Å². The number of carbonyl (C=O) groups is 1. The molecular formula is C17H27NO3. The van der Waals surface area contributed by atoms with Crippen LogP contribution in [-0.2, 0) is 9.53 Å². The molecule has 0 fully saturated rings. The van der Waals surface area contributed by atoms with Crippen molar-refractivity contribution in [2.75, 3.05) is 18.5 Å². The summed E-state index contributed by atoms with van der Waals surface area (Å²) in [5, 5.41) is 2.93. The Morgan fingerprint density at radius 1 is 1.14 bits per heavy atom. The van der Waals surface area contributed by atoms with Crippen LogP contribution in [0.3, 0.4) is 0 Å². The van der Waals surface area contributed by atoms with Crippen LogP contribution in [0.2, 0.25) is 0 Å². The molecule has 0 aliphatic rings. The van der Waals surface area contributed by atoms with Gasteiger partial charge in [0.15, 0.2) is 0 Å². The molecule has 4 nitrogen and oxygen atoms in total. The predicted molar refractivity (Wildman–Crippen MR) is 85.8 cm³/mol. The molecular weight excluding hydrogens is 266 g/mol. The number of nitrogens with one attached hydrogen (secondary N) is 1. The number of anilines is 1. The van der Waals surface area contributed by atoms with Crippen molar-refractivity contribution in [3.05, 3.63) is 24.3 Å². The molecule has 0 unspecified atom stereocenters. The van der Waals surface area contributed by atoms with Crippen LogP contribution < -0.4 is 10.1 Å². The van der Waals surface area contributed by atoms with Crippen molar-refractivity contribution >= 4 is 11.6 Å². The van der Waals surface area contributed by atoms with Gasteiger partial charge in [0.1, 0.15) is 11.4 Å². The van der Waals surface area contributed by atoms with Crippen molar-refractivity contribution < 1.29 is 14.3 Å². The molecule has 21 heavy (non-hydrogen) atoms. The van der Waals surface area contributed by atoms with Crippen LogP contribution in [0.15, 0.2) is 24.3 Å². The SMILES string of the molecule is CCCC[C@@](C)(OCC)C(=O)Nc1ccc(OCC)cc1. The predicted octanol–water partition coefficient (Wildman–Crippen LogP) is 4.01. The second kappa shape index (κ2) is 8.67. The third kappa shape index (κ3) is 5.38. The zero-order chi connectivity index (χ0) is 15.7. The zero-order valence-corrected chi connectivity index (χ0v) is 13.6. The van der Waals surface area contributed by atoms with E-state index in [1.807, 2.05) is 45.0 Å². The summed E-state index contributed by atoms with van der Waals surface area (Å²) in [6, 6.07) is 7.39. The molecule has 0 aliphatic heterocycles. The van der Waals surface area contributed by atoms with Gasteiger partial charge >= 0.3 is 0 Å². The maximum Gasteiger partial charge on any atom is 0.256 e. The van der Waals surface area contributed by atoms with Gasteiger partial charge in [-0.2, -0.15) is 0 Å². The van der Waals surface area contributed by atoms with Crippen LogP contribution in [0.4, 0.5) is 5.69 Å². The molecule has 118 valence electrons. The Morgan fingerprint density at radius 2 is 1.81 bits per heavy atom. The van der Waals surface area contributed by atoms with Gasteiger partial charge in [0.2, 0.25) is 0 Å². The van der Waals surface area contributed by atoms with E-state index in [9.17, 15) is 4.79 Å². The van der Waals surface area contributed by atoms with Gasteiger partial charge in [-0.25, -0.2) is 0 Å². The first-order valence-corrected chi connectivity index (χ1v) is 7.74. The summed E-state index contributed by atoms with van der Waals surface area (Å²) in [7, 11) is 0. The lowest BCUT2D eigenvalue weighted by Gasteiger charge is -2.28. The first-order chi connectivity index (χ1) is 10.1. The smallest absolute Gasteiger partial charge is 0.256 e. The highest BCUT2D eigenvalue weighted by atomic mass is 16.5. The average Bonchev–Trinajstić information content (AvgIpc) is 2.47. The molecule has 1 atom stereocenters. The van der Waals surface area contributed by atoms with E-state index in [0.717, 1.165) is 30.7 Å². The van der Waals surface area contributed by atoms with E-state index in [1.54, 1.807) is 0 Å². The summed E-state index contributed by atoms with van der Waals surface area (Å²) in [4.78, 5) is 12.5. The summed E-state index contributed by atoms with van der Waals surface area (Å²) in [6.45, 7) is 8.97. The van der Waals surface area contributed by atoms with Gasteiger partial charge in [-0.3, -0.25) is 4.79 Å². The normalized spacial score (nSPS) is 13.5. The standard InChI is InChI=1S/C17H27NO3/c1-5-8-13-17(4,21-7-3)16(19)18-14-9-11-15(12-10-14)20-6-2/h9-12H,5-8,13H2,1-4H3,(H,18,19)/t17-/m1/s1. The molecule has 0 heterocycles. The highest BCUT2D eigenvalue weighted by Crippen LogP contribution is 2.22. The van der Waals surface area contributed by atoms with E-state index in [2.05, 4.69) is 12.2 Å². The van der Waals surface area contributed by atoms with E-state index in [4.69, 9.17) is 9.47 Å². The van der Waals surface area contributed by atoms with E-state index in [-0.39, 0.29) is 5.91 Å². The summed E-state index contributed by atoms with van der Waals surface area (Å²) in [5.74, 6) is 0.705. The third-order valence-corrected chi connectivity index (χ3v) is 3.37. The van der Waals surface area contributed by atoms with E-state index in [0.29, 0.717) is 13.2 Å². The first-order valence-electron chi connectivity index (χ1n) is 7.74. The highest BCUT2D eigenvalue weighted by Gasteiger charge is 2.33. The minimum absolute atomic E-state index is 0.0954. The van der Waals surface area contributed by atoms with Crippen molar-refractivity contribution in [2.45, 2.75) is 52.6 Å². The van der Waals surface area contributed by atoms with Gasteiger partial charge in [-0.05, 0) is 51.5 Å². The number of unbranched alkanes of at least 4 members (excludes halogenated alkanes) is 1. The lowest BCUT2D eigenvalue weighted by Crippen LogP contribution is -2.42. The van der Waals surface area contributed by atoms with E-state index >= 15 is 0 Å². The number of hydrogen-bond acceptors (Lipinski definition) is 3. The number of hydrogen-bond donors (Lipinski definition) is 1. The summed E-state index contributed by atoms with van der Waals surface area (Å²) < 4.78 is 11.1. The molecule has 0 saturated heterocycles. The van der Waals surface area contributed by atoms with E-state index < -0.39 is 5.60 Å². The van der Waals surface area contributed by atoms with Crippen molar-refractivity contribution in [1.29, 1.82) is 0 Å². The molecule has 0 aliphatic carbocycles. The maximum atomic E-state index is 12.5. The minimum atomic E-state index is -0.774. The molecule has 0 aromatic heterocycles. The van der Waals surface area contributed by atoms with Gasteiger partial charge < -0.3 is 14.8 Å². The molecule has 4 heteroatoms. The second-order valence-corrected chi connectivity index (χ2v) is 5.18. The molecule has 0 bridgehead atoms. The topological polar surface area (TPSA) is 47.6 Å². The van der Waals surface area contributed by atoms with Gasteiger partial charge in [0.25, 0.3) is 5.91 Å². The fourth-order valence-electron chi connectivity index (χ4n) is 2.15. The summed E-state index contributed by atoms with van der Waals surface area (Å²) >= 11 is 0. The lowest BCUT2D eigenvalue weighted by molar-refractivity contribution is -0.139. The number of ether oxygens (including phenoxy) is 2. The molecule has 1 N–H and O–H groups in total. The maximum absolute atomic E-state index is 12.5. The zero-order valence-electron chi connectivity index (χ0n) is 13.6. The van der Waals surface area contributed by atoms with Crippen molar-refractivity contribution in [1.82, 2.24) is 0 Å². The quantitative estimate of drug-likeness (QED) is 0.748. The fourth-order valence-corrected chi connectivity index (χ4v) is 2.15. The molecule has 1 rings (SSSR count). The van der Waals surface area contributed by atoms with Crippen LogP contribution in [0.5, 0.6) is 5.75 Å². The minimum Gasteiger partial charge on any atom is -0.494 e. The van der Waals surface area contributed by atoms with Gasteiger partial charge in [-0.1, -0.05) is 19.8 Å². The summed E-state index contributed by atoms with van der Waals surface area (Å²) in [5.41, 5.74) is -0.0190. The van der Waals surface area contributed by atoms with Crippen LogP contribution in [-0.4, -0.2) is 24.7 Å². The number of benzene rings is 1. The molecule has 1 aromatic rings. The van der Waals surface area contributed by atoms with E-state index in [1.165, 1.54) is 0 Å². The second-order valence-electron chi connectivity index (χ2n) is 5.18. The van der Waals surface area contributed by atoms with Crippen LogP contribution in [0.1, 0.15) is 47.0 Å². The molecule has 0 saturated carbocycles. The van der Waals surface area contributed by atoms with Crippen molar-refractivity contribution in [2.24, 2.45) is 0 Å². The third-order valence-electron chi connectivity index (χ3n) is 3.37. The Balaban J connectivity index is 2.71. The van der Waals surface area contributed by atoms with Gasteiger partial charge in [0.05, 0.1) is 6.61 Å². The fraction of sp³-hybridized carbons (Fsp3) is 0.588. The Hall–Kier alpha value is -1.55. The number of rotatable bonds is 9. The largest absolute Gasteiger partial charge is 0.494 e. The van der Waals surface area contributed by atoms with Crippen molar-refractivity contribution in [3.8, 4) is 5.75 Å². The van der Waals surface area contributed by atoms with Crippen LogP contribution >= 0.6 is 0 Å². The number of amides is 1. The average molecular weight is 293 g/mol. The molecule has 1 amide bonds. The Morgan fingerprint density at radius 3 is 2.33 bits per heavy atom. The van der Waals surface area contributed by atoms with Crippen molar-refractivity contribution in [3.63, 3.8) is 0 Å². The first kappa shape index (κ1) is 17.5. The highest BCUT2D eigenvalue weighted by molar-refractivity contribution is 5.97. The Labute approximate surface area is 127 Å². The summed E-state index contributed by atoms with van der Waals surface area (Å²) in [6.07, 6.45) is 2.73. The Bertz CT molecular complexity index is 430. The van der Waals surface area contributed by atoms with Crippen LogP contribution in [0.25, 0.3) is 0 Å². The van der Waals surface area contributed by atoms with Gasteiger partial charge in [0, 0.05) is 12.3 Å². The monoisotopic (exact) mass is 293 g/mol. The molecule has 0 radical (unpaired) electrons. The van der Waals surface area contributed by atoms with Gasteiger partial charge in [-0.15, -0.1) is 0 Å².